The minimum absolute atomic E-state index is 0.00162. The molecule has 0 spiro atoms. The first-order valence-electron chi connectivity index (χ1n) is 6.25. The van der Waals surface area contributed by atoms with Gasteiger partial charge in [0.05, 0.1) is 24.9 Å². The van der Waals surface area contributed by atoms with Gasteiger partial charge in [0.2, 0.25) is 5.88 Å². The molecule has 1 aliphatic carbocycles. The van der Waals surface area contributed by atoms with Crippen molar-refractivity contribution in [3.05, 3.63) is 18.1 Å². The topological polar surface area (TPSA) is 74.4 Å². The van der Waals surface area contributed by atoms with Crippen molar-refractivity contribution >= 4 is 11.7 Å². The molecule has 1 heterocycles. The third kappa shape index (κ3) is 3.33. The predicted molar refractivity (Wildman–Crippen MR) is 67.0 cm³/mol. The zero-order chi connectivity index (χ0) is 13.8. The van der Waals surface area contributed by atoms with E-state index in [0.29, 0.717) is 0 Å². The minimum Gasteiger partial charge on any atom is -0.474 e. The highest BCUT2D eigenvalue weighted by Crippen LogP contribution is 2.28. The summed E-state index contributed by atoms with van der Waals surface area (Å²) in [6.07, 6.45) is 4.09. The van der Waals surface area contributed by atoms with Gasteiger partial charge in [0, 0.05) is 6.07 Å². The molecule has 0 atom stereocenters. The summed E-state index contributed by atoms with van der Waals surface area (Å²) >= 11 is 0. The lowest BCUT2D eigenvalue weighted by molar-refractivity contribution is -0.147. The van der Waals surface area contributed by atoms with Crippen molar-refractivity contribution < 1.29 is 18.7 Å². The van der Waals surface area contributed by atoms with Crippen molar-refractivity contribution in [2.45, 2.75) is 31.8 Å². The molecule has 5 nitrogen and oxygen atoms in total. The Bertz CT molecular complexity index is 459. The lowest BCUT2D eigenvalue weighted by atomic mass is 9.87. The lowest BCUT2D eigenvalue weighted by Gasteiger charge is -2.27. The monoisotopic (exact) mass is 268 g/mol. The average Bonchev–Trinajstić information content (AvgIpc) is 2.43. The molecule has 1 aliphatic rings. The molecule has 1 fully saturated rings. The van der Waals surface area contributed by atoms with Gasteiger partial charge in [0.15, 0.2) is 5.82 Å². The maximum Gasteiger partial charge on any atom is 0.308 e. The second-order valence-corrected chi connectivity index (χ2v) is 4.66. The number of carbonyl (C=O) groups is 1. The number of aromatic nitrogens is 1. The molecule has 19 heavy (non-hydrogen) atoms. The Labute approximate surface area is 110 Å². The van der Waals surface area contributed by atoms with Crippen LogP contribution in [0.2, 0.25) is 0 Å². The van der Waals surface area contributed by atoms with Crippen LogP contribution in [-0.4, -0.2) is 24.2 Å². The summed E-state index contributed by atoms with van der Waals surface area (Å²) in [6.45, 7) is 0. The van der Waals surface area contributed by atoms with Crippen molar-refractivity contribution in [2.24, 2.45) is 5.92 Å². The maximum atomic E-state index is 13.2. The normalized spacial score (nSPS) is 22.8. The van der Waals surface area contributed by atoms with E-state index in [1.54, 1.807) is 0 Å². The molecule has 0 bridgehead atoms. The molecule has 2 rings (SSSR count). The summed E-state index contributed by atoms with van der Waals surface area (Å²) in [6, 6.07) is 1.18. The molecular formula is C13H17FN2O3. The zero-order valence-electron chi connectivity index (χ0n) is 10.8. The molecular weight excluding hydrogens is 251 g/mol. The highest BCUT2D eigenvalue weighted by molar-refractivity contribution is 5.72. The third-order valence-corrected chi connectivity index (χ3v) is 3.35. The number of nitrogens with zero attached hydrogens (tertiary/aromatic N) is 1. The first-order chi connectivity index (χ1) is 9.10. The van der Waals surface area contributed by atoms with Gasteiger partial charge >= 0.3 is 5.97 Å². The first kappa shape index (κ1) is 13.6. The fourth-order valence-electron chi connectivity index (χ4n) is 2.24. The Balaban J connectivity index is 1.88. The second-order valence-electron chi connectivity index (χ2n) is 4.66. The molecule has 0 saturated heterocycles. The summed E-state index contributed by atoms with van der Waals surface area (Å²) in [5.74, 6) is -0.530. The standard InChI is InChI=1S/C13H17FN2O3/c1-18-13(17)8-2-4-9(5-3-8)19-12-6-10(14)11(15)7-16-12/h6-9H,2-5,15H2,1H3. The Morgan fingerprint density at radius 1 is 1.42 bits per heavy atom. The number of hydrogen-bond acceptors (Lipinski definition) is 5. The van der Waals surface area contributed by atoms with E-state index in [-0.39, 0.29) is 29.6 Å². The van der Waals surface area contributed by atoms with E-state index < -0.39 is 5.82 Å². The fraction of sp³-hybridized carbons (Fsp3) is 0.538. The molecule has 1 saturated carbocycles. The van der Waals surface area contributed by atoms with Crippen LogP contribution in [0.25, 0.3) is 0 Å². The van der Waals surface area contributed by atoms with Gasteiger partial charge in [0.25, 0.3) is 0 Å². The maximum absolute atomic E-state index is 13.2. The number of methoxy groups -OCH3 is 1. The Morgan fingerprint density at radius 2 is 2.11 bits per heavy atom. The van der Waals surface area contributed by atoms with Crippen molar-refractivity contribution in [3.63, 3.8) is 0 Å². The number of halogens is 1. The van der Waals surface area contributed by atoms with E-state index >= 15 is 0 Å². The van der Waals surface area contributed by atoms with Gasteiger partial charge in [-0.15, -0.1) is 0 Å². The van der Waals surface area contributed by atoms with Crippen LogP contribution >= 0.6 is 0 Å². The van der Waals surface area contributed by atoms with Gasteiger partial charge in [0.1, 0.15) is 6.10 Å². The van der Waals surface area contributed by atoms with Crippen LogP contribution in [0.3, 0.4) is 0 Å². The SMILES string of the molecule is COC(=O)C1CCC(Oc2cc(F)c(N)cn2)CC1. The highest BCUT2D eigenvalue weighted by Gasteiger charge is 2.28. The van der Waals surface area contributed by atoms with E-state index in [4.69, 9.17) is 15.2 Å². The van der Waals surface area contributed by atoms with E-state index in [1.807, 2.05) is 0 Å². The third-order valence-electron chi connectivity index (χ3n) is 3.35. The number of anilines is 1. The second kappa shape index (κ2) is 5.86. The molecule has 2 N–H and O–H groups in total. The molecule has 0 aromatic carbocycles. The van der Waals surface area contributed by atoms with Gasteiger partial charge in [-0.25, -0.2) is 9.37 Å². The van der Waals surface area contributed by atoms with Crippen LogP contribution < -0.4 is 10.5 Å². The van der Waals surface area contributed by atoms with Crippen molar-refractivity contribution in [2.75, 3.05) is 12.8 Å². The largest absolute Gasteiger partial charge is 0.474 e. The minimum atomic E-state index is -0.534. The summed E-state index contributed by atoms with van der Waals surface area (Å²) in [4.78, 5) is 15.3. The smallest absolute Gasteiger partial charge is 0.308 e. The summed E-state index contributed by atoms with van der Waals surface area (Å²) in [5.41, 5.74) is 5.35. The first-order valence-corrected chi connectivity index (χ1v) is 6.25. The van der Waals surface area contributed by atoms with Crippen LogP contribution in [0.1, 0.15) is 25.7 Å². The number of hydrogen-bond donors (Lipinski definition) is 1. The molecule has 104 valence electrons. The number of rotatable bonds is 3. The van der Waals surface area contributed by atoms with Gasteiger partial charge in [-0.2, -0.15) is 0 Å². The molecule has 0 unspecified atom stereocenters. The van der Waals surface area contributed by atoms with Crippen molar-refractivity contribution in [1.29, 1.82) is 0 Å². The summed E-state index contributed by atoms with van der Waals surface area (Å²) < 4.78 is 23.6. The molecule has 0 aliphatic heterocycles. The van der Waals surface area contributed by atoms with Crippen molar-refractivity contribution in [3.8, 4) is 5.88 Å². The molecule has 1 aromatic heterocycles. The van der Waals surface area contributed by atoms with Crippen LogP contribution in [0.5, 0.6) is 5.88 Å². The number of nitrogen functional groups attached to an aromatic ring is 1. The van der Waals surface area contributed by atoms with Crippen LogP contribution in [0.4, 0.5) is 10.1 Å². The quantitative estimate of drug-likeness (QED) is 0.848. The number of nitrogens with two attached hydrogens (primary N) is 1. The Morgan fingerprint density at radius 3 is 2.68 bits per heavy atom. The predicted octanol–water partition coefficient (Wildman–Crippen LogP) is 1.91. The van der Waals surface area contributed by atoms with E-state index in [0.717, 1.165) is 25.7 Å². The number of pyridine rings is 1. The molecule has 0 amide bonds. The highest BCUT2D eigenvalue weighted by atomic mass is 19.1. The van der Waals surface area contributed by atoms with Crippen LogP contribution in [0.15, 0.2) is 12.3 Å². The van der Waals surface area contributed by atoms with Gasteiger partial charge < -0.3 is 15.2 Å². The van der Waals surface area contributed by atoms with Crippen molar-refractivity contribution in [1.82, 2.24) is 4.98 Å². The Hall–Kier alpha value is -1.85. The number of carbonyl (C=O) groups excluding carboxylic acids is 1. The molecule has 1 aromatic rings. The average molecular weight is 268 g/mol. The lowest BCUT2D eigenvalue weighted by Crippen LogP contribution is -2.28. The molecule has 0 radical (unpaired) electrons. The van der Waals surface area contributed by atoms with E-state index in [9.17, 15) is 9.18 Å². The van der Waals surface area contributed by atoms with Crippen LogP contribution in [0, 0.1) is 11.7 Å². The van der Waals surface area contributed by atoms with Gasteiger partial charge in [-0.05, 0) is 25.7 Å². The van der Waals surface area contributed by atoms with Gasteiger partial charge in [-0.3, -0.25) is 4.79 Å². The van der Waals surface area contributed by atoms with Crippen LogP contribution in [-0.2, 0) is 9.53 Å². The fourth-order valence-corrected chi connectivity index (χ4v) is 2.24. The number of ether oxygens (including phenoxy) is 2. The number of esters is 1. The van der Waals surface area contributed by atoms with Gasteiger partial charge in [-0.1, -0.05) is 0 Å². The zero-order valence-corrected chi connectivity index (χ0v) is 10.8. The summed E-state index contributed by atoms with van der Waals surface area (Å²) in [7, 11) is 1.39. The molecule has 6 heteroatoms. The van der Waals surface area contributed by atoms with E-state index in [2.05, 4.69) is 4.98 Å². The summed E-state index contributed by atoms with van der Waals surface area (Å²) in [5, 5.41) is 0. The Kier molecular flexibility index (Phi) is 4.19. The van der Waals surface area contributed by atoms with E-state index in [1.165, 1.54) is 19.4 Å².